The zero-order chi connectivity index (χ0) is 13.4. The van der Waals surface area contributed by atoms with E-state index in [-0.39, 0.29) is 5.41 Å². The van der Waals surface area contributed by atoms with Crippen molar-refractivity contribution >= 4 is 5.82 Å². The van der Waals surface area contributed by atoms with E-state index >= 15 is 0 Å². The van der Waals surface area contributed by atoms with Gasteiger partial charge in [-0.05, 0) is 23.5 Å². The first-order chi connectivity index (χ1) is 8.54. The second-order valence-electron chi connectivity index (χ2n) is 5.30. The molecule has 1 aromatic heterocycles. The highest BCUT2D eigenvalue weighted by atomic mass is 16.5. The lowest BCUT2D eigenvalue weighted by atomic mass is 9.88. The minimum absolute atomic E-state index is 0.152. The number of ether oxygens (including phenoxy) is 1. The third kappa shape index (κ3) is 5.32. The van der Waals surface area contributed by atoms with E-state index in [9.17, 15) is 0 Å². The Bertz CT molecular complexity index is 352. The van der Waals surface area contributed by atoms with E-state index in [0.717, 1.165) is 25.4 Å². The maximum absolute atomic E-state index is 5.41. The molecule has 0 fully saturated rings. The Hall–Kier alpha value is -1.35. The van der Waals surface area contributed by atoms with E-state index in [2.05, 4.69) is 43.7 Å². The van der Waals surface area contributed by atoms with Gasteiger partial charge in [-0.25, -0.2) is 4.98 Å². The van der Waals surface area contributed by atoms with Crippen molar-refractivity contribution in [2.75, 3.05) is 25.1 Å². The molecule has 1 heterocycles. The molecule has 0 amide bonds. The van der Waals surface area contributed by atoms with Crippen LogP contribution >= 0.6 is 0 Å². The number of rotatable bonds is 7. The number of anilines is 1. The Kier molecular flexibility index (Phi) is 5.86. The van der Waals surface area contributed by atoms with Crippen LogP contribution in [0.4, 0.5) is 5.82 Å². The van der Waals surface area contributed by atoms with E-state index in [1.165, 1.54) is 5.56 Å². The zero-order valence-electron chi connectivity index (χ0n) is 11.7. The summed E-state index contributed by atoms with van der Waals surface area (Å²) in [5.74, 6) is 0.898. The fraction of sp³-hybridized carbons (Fsp3) is 0.533. The van der Waals surface area contributed by atoms with Crippen molar-refractivity contribution in [3.8, 4) is 0 Å². The molecule has 0 unspecified atom stereocenters. The first kappa shape index (κ1) is 14.7. The Labute approximate surface area is 110 Å². The van der Waals surface area contributed by atoms with Crippen LogP contribution in [0.2, 0.25) is 0 Å². The van der Waals surface area contributed by atoms with Crippen molar-refractivity contribution in [3.05, 3.63) is 36.5 Å². The van der Waals surface area contributed by atoms with Crippen molar-refractivity contribution in [1.29, 1.82) is 0 Å². The summed E-state index contributed by atoms with van der Waals surface area (Å²) in [6, 6.07) is 4.14. The molecule has 0 bridgehead atoms. The molecule has 1 aromatic rings. The van der Waals surface area contributed by atoms with E-state index < -0.39 is 0 Å². The molecule has 0 saturated carbocycles. The van der Waals surface area contributed by atoms with Gasteiger partial charge in [0.25, 0.3) is 0 Å². The van der Waals surface area contributed by atoms with Crippen LogP contribution < -0.4 is 5.32 Å². The van der Waals surface area contributed by atoms with Gasteiger partial charge in [-0.2, -0.15) is 0 Å². The minimum Gasteiger partial charge on any atom is -0.379 e. The number of pyridine rings is 1. The Morgan fingerprint density at radius 3 is 2.67 bits per heavy atom. The molecule has 0 spiro atoms. The van der Waals surface area contributed by atoms with Gasteiger partial charge >= 0.3 is 0 Å². The monoisotopic (exact) mass is 248 g/mol. The van der Waals surface area contributed by atoms with Crippen molar-refractivity contribution in [1.82, 2.24) is 4.98 Å². The molecule has 18 heavy (non-hydrogen) atoms. The summed E-state index contributed by atoms with van der Waals surface area (Å²) >= 11 is 0. The average Bonchev–Trinajstić information content (AvgIpc) is 2.33. The minimum atomic E-state index is 0.152. The fourth-order valence-corrected chi connectivity index (χ4v) is 1.46. The highest BCUT2D eigenvalue weighted by Gasteiger charge is 2.13. The SMILES string of the molecule is C=CCCOCCNc1ccc(C(C)(C)C)cn1. The fourth-order valence-electron chi connectivity index (χ4n) is 1.46. The number of nitrogens with zero attached hydrogens (tertiary/aromatic N) is 1. The van der Waals surface area contributed by atoms with Crippen LogP contribution in [0.25, 0.3) is 0 Å². The predicted molar refractivity (Wildman–Crippen MR) is 77.1 cm³/mol. The van der Waals surface area contributed by atoms with E-state index in [0.29, 0.717) is 6.61 Å². The molecule has 0 saturated heterocycles. The summed E-state index contributed by atoms with van der Waals surface area (Å²) in [6.45, 7) is 12.4. The first-order valence-electron chi connectivity index (χ1n) is 6.43. The molecular weight excluding hydrogens is 224 g/mol. The van der Waals surface area contributed by atoms with Crippen LogP contribution in [-0.2, 0) is 10.2 Å². The van der Waals surface area contributed by atoms with E-state index in [1.807, 2.05) is 18.3 Å². The van der Waals surface area contributed by atoms with Crippen LogP contribution in [0, 0.1) is 0 Å². The third-order valence-electron chi connectivity index (χ3n) is 2.65. The van der Waals surface area contributed by atoms with Crippen molar-refractivity contribution in [2.45, 2.75) is 32.6 Å². The van der Waals surface area contributed by atoms with Crippen LogP contribution in [-0.4, -0.2) is 24.7 Å². The van der Waals surface area contributed by atoms with Crippen molar-refractivity contribution in [2.24, 2.45) is 0 Å². The highest BCUT2D eigenvalue weighted by molar-refractivity contribution is 5.36. The summed E-state index contributed by atoms with van der Waals surface area (Å²) in [5.41, 5.74) is 1.40. The van der Waals surface area contributed by atoms with Crippen molar-refractivity contribution < 1.29 is 4.74 Å². The quantitative estimate of drug-likeness (QED) is 0.593. The van der Waals surface area contributed by atoms with Crippen molar-refractivity contribution in [3.63, 3.8) is 0 Å². The molecule has 3 heteroatoms. The number of hydrogen-bond acceptors (Lipinski definition) is 3. The van der Waals surface area contributed by atoms with Crippen LogP contribution in [0.15, 0.2) is 31.0 Å². The molecule has 0 aliphatic rings. The Balaban J connectivity index is 2.29. The lowest BCUT2D eigenvalue weighted by Crippen LogP contribution is -2.13. The summed E-state index contributed by atoms with van der Waals surface area (Å²) in [6.07, 6.45) is 4.69. The zero-order valence-corrected chi connectivity index (χ0v) is 11.7. The second kappa shape index (κ2) is 7.17. The molecule has 1 rings (SSSR count). The number of hydrogen-bond donors (Lipinski definition) is 1. The van der Waals surface area contributed by atoms with Gasteiger partial charge in [-0.15, -0.1) is 6.58 Å². The normalized spacial score (nSPS) is 11.3. The number of nitrogens with one attached hydrogen (secondary N) is 1. The Morgan fingerprint density at radius 2 is 2.11 bits per heavy atom. The highest BCUT2D eigenvalue weighted by Crippen LogP contribution is 2.21. The maximum Gasteiger partial charge on any atom is 0.125 e. The molecule has 0 aliphatic carbocycles. The maximum atomic E-state index is 5.41. The van der Waals surface area contributed by atoms with Gasteiger partial charge in [0, 0.05) is 12.7 Å². The topological polar surface area (TPSA) is 34.1 Å². The van der Waals surface area contributed by atoms with E-state index in [4.69, 9.17) is 4.74 Å². The molecule has 1 N–H and O–H groups in total. The van der Waals surface area contributed by atoms with Gasteiger partial charge in [-0.1, -0.05) is 32.9 Å². The van der Waals surface area contributed by atoms with Gasteiger partial charge < -0.3 is 10.1 Å². The Morgan fingerprint density at radius 1 is 1.33 bits per heavy atom. The molecular formula is C15H24N2O. The van der Waals surface area contributed by atoms with Gasteiger partial charge in [0.15, 0.2) is 0 Å². The van der Waals surface area contributed by atoms with Gasteiger partial charge in [0.05, 0.1) is 13.2 Å². The molecule has 3 nitrogen and oxygen atoms in total. The van der Waals surface area contributed by atoms with Gasteiger partial charge in [0.1, 0.15) is 5.82 Å². The molecule has 0 radical (unpaired) electrons. The summed E-state index contributed by atoms with van der Waals surface area (Å²) < 4.78 is 5.41. The average molecular weight is 248 g/mol. The lowest BCUT2D eigenvalue weighted by Gasteiger charge is -2.18. The smallest absolute Gasteiger partial charge is 0.125 e. The summed E-state index contributed by atoms with van der Waals surface area (Å²) in [4.78, 5) is 4.40. The molecule has 0 aliphatic heterocycles. The standard InChI is InChI=1S/C15H24N2O/c1-5-6-10-18-11-9-16-14-8-7-13(12-17-14)15(2,3)4/h5,7-8,12H,1,6,9-11H2,2-4H3,(H,16,17). The number of aromatic nitrogens is 1. The molecule has 100 valence electrons. The van der Waals surface area contributed by atoms with Crippen LogP contribution in [0.3, 0.4) is 0 Å². The van der Waals surface area contributed by atoms with Gasteiger partial charge in [0.2, 0.25) is 0 Å². The second-order valence-corrected chi connectivity index (χ2v) is 5.30. The first-order valence-corrected chi connectivity index (χ1v) is 6.43. The predicted octanol–water partition coefficient (Wildman–Crippen LogP) is 3.38. The molecule has 0 aromatic carbocycles. The summed E-state index contributed by atoms with van der Waals surface area (Å²) in [5, 5.41) is 3.24. The van der Waals surface area contributed by atoms with Crippen LogP contribution in [0.1, 0.15) is 32.8 Å². The van der Waals surface area contributed by atoms with E-state index in [1.54, 1.807) is 0 Å². The summed E-state index contributed by atoms with van der Waals surface area (Å²) in [7, 11) is 0. The van der Waals surface area contributed by atoms with Gasteiger partial charge in [-0.3, -0.25) is 0 Å². The largest absolute Gasteiger partial charge is 0.379 e. The molecule has 0 atom stereocenters. The van der Waals surface area contributed by atoms with Crippen LogP contribution in [0.5, 0.6) is 0 Å². The lowest BCUT2D eigenvalue weighted by molar-refractivity contribution is 0.149. The third-order valence-corrected chi connectivity index (χ3v) is 2.65.